The molecule has 1 rings (SSSR count). The highest BCUT2D eigenvalue weighted by molar-refractivity contribution is 6.17. The second-order valence-corrected chi connectivity index (χ2v) is 14.0. The number of methoxy groups -OCH3 is 1. The van der Waals surface area contributed by atoms with Crippen molar-refractivity contribution in [1.82, 2.24) is 0 Å². The lowest BCUT2D eigenvalue weighted by atomic mass is 10.0. The Morgan fingerprint density at radius 2 is 0.857 bits per heavy atom. The van der Waals surface area contributed by atoms with Crippen LogP contribution in [-0.2, 0) is 19.1 Å². The molecule has 0 heterocycles. The zero-order chi connectivity index (χ0) is 35.6. The number of rotatable bonds is 34. The molecule has 1 N–H and O–H groups in total. The van der Waals surface area contributed by atoms with Crippen molar-refractivity contribution in [3.8, 4) is 11.5 Å². The number of ether oxygens (including phenoxy) is 3. The van der Waals surface area contributed by atoms with E-state index in [1.165, 1.54) is 161 Å². The summed E-state index contributed by atoms with van der Waals surface area (Å²) >= 11 is 0. The van der Waals surface area contributed by atoms with Gasteiger partial charge in [0, 0.05) is 0 Å². The Hall–Kier alpha value is -2.50. The molecule has 6 heteroatoms. The van der Waals surface area contributed by atoms with Crippen molar-refractivity contribution in [3.63, 3.8) is 0 Å². The van der Waals surface area contributed by atoms with Gasteiger partial charge < -0.3 is 19.3 Å². The van der Waals surface area contributed by atoms with Gasteiger partial charge in [-0.3, -0.25) is 0 Å². The molecule has 0 atom stereocenters. The maximum Gasteiger partial charge on any atom is 0.345 e. The van der Waals surface area contributed by atoms with Gasteiger partial charge >= 0.3 is 11.9 Å². The Balaban J connectivity index is 2.32. The first kappa shape index (κ1) is 44.5. The van der Waals surface area contributed by atoms with Crippen LogP contribution in [0.3, 0.4) is 0 Å². The van der Waals surface area contributed by atoms with Gasteiger partial charge in [0.05, 0.1) is 20.3 Å². The molecule has 1 aromatic carbocycles. The molecular weight excluding hydrogens is 612 g/mol. The molecule has 6 nitrogen and oxygen atoms in total. The Bertz CT molecular complexity index is 923. The summed E-state index contributed by atoms with van der Waals surface area (Å²) in [5, 5.41) is 9.96. The summed E-state index contributed by atoms with van der Waals surface area (Å²) in [4.78, 5) is 26.1. The van der Waals surface area contributed by atoms with Crippen LogP contribution in [0.25, 0.3) is 6.08 Å². The summed E-state index contributed by atoms with van der Waals surface area (Å²) in [6.45, 7) is 5.08. The van der Waals surface area contributed by atoms with E-state index < -0.39 is 11.9 Å². The van der Waals surface area contributed by atoms with Crippen LogP contribution in [0.5, 0.6) is 11.5 Å². The molecular formula is C43H74O6. The lowest BCUT2D eigenvalue weighted by Gasteiger charge is -2.10. The second-order valence-electron chi connectivity index (χ2n) is 14.0. The van der Waals surface area contributed by atoms with Gasteiger partial charge in [-0.2, -0.15) is 0 Å². The minimum atomic E-state index is -0.673. The summed E-state index contributed by atoms with van der Waals surface area (Å²) in [5.41, 5.74) is 0.412. The van der Waals surface area contributed by atoms with E-state index in [1.54, 1.807) is 12.1 Å². The molecule has 0 aliphatic rings. The van der Waals surface area contributed by atoms with Crippen LogP contribution in [0.2, 0.25) is 0 Å². The second kappa shape index (κ2) is 32.7. The maximum atomic E-state index is 13.0. The molecule has 0 saturated heterocycles. The van der Waals surface area contributed by atoms with E-state index in [4.69, 9.17) is 14.2 Å². The number of carbonyl (C=O) groups excluding carboxylic acids is 2. The first-order chi connectivity index (χ1) is 24.0. The summed E-state index contributed by atoms with van der Waals surface area (Å²) in [6, 6.07) is 4.68. The van der Waals surface area contributed by atoms with Crippen LogP contribution in [0.4, 0.5) is 0 Å². The average molecular weight is 687 g/mol. The van der Waals surface area contributed by atoms with Gasteiger partial charge in [0.15, 0.2) is 11.5 Å². The molecule has 0 amide bonds. The van der Waals surface area contributed by atoms with E-state index in [9.17, 15) is 14.7 Å². The Kier molecular flexibility index (Phi) is 29.7. The number of esters is 2. The fourth-order valence-electron chi connectivity index (χ4n) is 6.23. The molecule has 0 saturated carbocycles. The molecule has 0 bridgehead atoms. The minimum absolute atomic E-state index is 0.0121. The SMILES string of the molecule is CCCCCCCCCCCCCCCCOC(=O)C(=Cc1ccc(O)c(OC)c1)C(=O)OCCCCCCCCCCCCCCCC. The maximum absolute atomic E-state index is 13.0. The fraction of sp³-hybridized carbons (Fsp3) is 0.767. The van der Waals surface area contributed by atoms with E-state index in [0.717, 1.165) is 38.5 Å². The topological polar surface area (TPSA) is 82.1 Å². The standard InChI is InChI=1S/C43H74O6/c1-4-6-8-10-12-14-16-18-20-22-24-26-28-30-34-48-42(45)39(36-38-32-33-40(44)41(37-38)47-3)43(46)49-35-31-29-27-25-23-21-19-17-15-13-11-9-7-5-2/h32-33,36-37,44H,4-31,34-35H2,1-3H3. The van der Waals surface area contributed by atoms with Crippen LogP contribution in [0.15, 0.2) is 23.8 Å². The van der Waals surface area contributed by atoms with E-state index >= 15 is 0 Å². The Morgan fingerprint density at radius 1 is 0.531 bits per heavy atom. The molecule has 0 aliphatic heterocycles. The van der Waals surface area contributed by atoms with Crippen molar-refractivity contribution in [2.24, 2.45) is 0 Å². The first-order valence-electron chi connectivity index (χ1n) is 20.5. The first-order valence-corrected chi connectivity index (χ1v) is 20.5. The zero-order valence-corrected chi connectivity index (χ0v) is 32.0. The number of phenolic OH excluding ortho intramolecular Hbond substituents is 1. The minimum Gasteiger partial charge on any atom is -0.504 e. The molecule has 0 aromatic heterocycles. The van der Waals surface area contributed by atoms with Crippen molar-refractivity contribution in [1.29, 1.82) is 0 Å². The zero-order valence-electron chi connectivity index (χ0n) is 32.0. The van der Waals surface area contributed by atoms with Gasteiger partial charge in [-0.1, -0.05) is 187 Å². The number of phenols is 1. The summed E-state index contributed by atoms with van der Waals surface area (Å²) in [6.07, 6.45) is 36.7. The number of unbranched alkanes of at least 4 members (excludes halogenated alkanes) is 26. The normalized spacial score (nSPS) is 11.0. The van der Waals surface area contributed by atoms with E-state index in [-0.39, 0.29) is 30.3 Å². The van der Waals surface area contributed by atoms with Gasteiger partial charge in [-0.15, -0.1) is 0 Å². The van der Waals surface area contributed by atoms with Gasteiger partial charge in [0.1, 0.15) is 5.57 Å². The predicted octanol–water partition coefficient (Wildman–Crippen LogP) is 12.8. The Labute approximate surface area is 301 Å². The monoisotopic (exact) mass is 687 g/mol. The summed E-state index contributed by atoms with van der Waals surface area (Å²) < 4.78 is 16.2. The number of hydrogen-bond acceptors (Lipinski definition) is 6. The number of carbonyl (C=O) groups is 2. The molecule has 49 heavy (non-hydrogen) atoms. The van der Waals surface area contributed by atoms with Crippen molar-refractivity contribution < 1.29 is 28.9 Å². The van der Waals surface area contributed by atoms with Gasteiger partial charge in [0.2, 0.25) is 0 Å². The van der Waals surface area contributed by atoms with Crippen LogP contribution in [0, 0.1) is 0 Å². The fourth-order valence-corrected chi connectivity index (χ4v) is 6.23. The number of aromatic hydroxyl groups is 1. The highest BCUT2D eigenvalue weighted by Crippen LogP contribution is 2.27. The smallest absolute Gasteiger partial charge is 0.345 e. The molecule has 0 fully saturated rings. The molecule has 0 spiro atoms. The van der Waals surface area contributed by atoms with E-state index in [2.05, 4.69) is 13.8 Å². The third kappa shape index (κ3) is 25.2. The average Bonchev–Trinajstić information content (AvgIpc) is 3.10. The van der Waals surface area contributed by atoms with Gasteiger partial charge in [-0.25, -0.2) is 9.59 Å². The quantitative estimate of drug-likeness (QED) is 0.0255. The summed E-state index contributed by atoms with van der Waals surface area (Å²) in [5.74, 6) is -1.10. The third-order valence-corrected chi connectivity index (χ3v) is 9.42. The van der Waals surface area contributed by atoms with Crippen molar-refractivity contribution >= 4 is 18.0 Å². The van der Waals surface area contributed by atoms with Crippen molar-refractivity contribution in [2.45, 2.75) is 194 Å². The van der Waals surface area contributed by atoms with Crippen molar-refractivity contribution in [2.75, 3.05) is 20.3 Å². The van der Waals surface area contributed by atoms with Gasteiger partial charge in [-0.05, 0) is 36.6 Å². The highest BCUT2D eigenvalue weighted by atomic mass is 16.6. The lowest BCUT2D eigenvalue weighted by molar-refractivity contribution is -0.147. The van der Waals surface area contributed by atoms with Crippen LogP contribution in [-0.4, -0.2) is 37.4 Å². The van der Waals surface area contributed by atoms with Crippen LogP contribution < -0.4 is 4.74 Å². The van der Waals surface area contributed by atoms with E-state index in [0.29, 0.717) is 5.56 Å². The van der Waals surface area contributed by atoms with Crippen LogP contribution in [0.1, 0.15) is 199 Å². The van der Waals surface area contributed by atoms with E-state index in [1.807, 2.05) is 0 Å². The third-order valence-electron chi connectivity index (χ3n) is 9.42. The summed E-state index contributed by atoms with van der Waals surface area (Å²) in [7, 11) is 1.46. The van der Waals surface area contributed by atoms with Crippen molar-refractivity contribution in [3.05, 3.63) is 29.3 Å². The molecule has 0 unspecified atom stereocenters. The molecule has 1 aromatic rings. The lowest BCUT2D eigenvalue weighted by Crippen LogP contribution is -2.19. The molecule has 0 radical (unpaired) electrons. The highest BCUT2D eigenvalue weighted by Gasteiger charge is 2.22. The Morgan fingerprint density at radius 3 is 1.18 bits per heavy atom. The number of benzene rings is 1. The van der Waals surface area contributed by atoms with Crippen LogP contribution >= 0.6 is 0 Å². The largest absolute Gasteiger partial charge is 0.504 e. The molecule has 0 aliphatic carbocycles. The van der Waals surface area contributed by atoms with Gasteiger partial charge in [0.25, 0.3) is 0 Å². The molecule has 282 valence electrons. The predicted molar refractivity (Wildman–Crippen MR) is 205 cm³/mol. The number of hydrogen-bond donors (Lipinski definition) is 1.